The molecule has 0 aliphatic heterocycles. The highest BCUT2D eigenvalue weighted by Crippen LogP contribution is 2.35. The molecular formula is C24H17ClN2O3S. The van der Waals surface area contributed by atoms with Gasteiger partial charge in [0.15, 0.2) is 0 Å². The van der Waals surface area contributed by atoms with Crippen LogP contribution in [0.15, 0.2) is 77.9 Å². The Morgan fingerprint density at radius 2 is 1.81 bits per heavy atom. The van der Waals surface area contributed by atoms with E-state index in [1.165, 1.54) is 17.6 Å². The molecule has 1 aromatic heterocycles. The first-order valence-electron chi connectivity index (χ1n) is 9.41. The fourth-order valence-electron chi connectivity index (χ4n) is 2.98. The van der Waals surface area contributed by atoms with Crippen LogP contribution >= 0.6 is 22.9 Å². The normalized spacial score (nSPS) is 11.0. The van der Waals surface area contributed by atoms with Crippen LogP contribution in [0, 0.1) is 6.92 Å². The summed E-state index contributed by atoms with van der Waals surface area (Å²) in [5.74, 6) is -0.558. The highest BCUT2D eigenvalue weighted by atomic mass is 35.5. The molecule has 31 heavy (non-hydrogen) atoms. The molecule has 1 amide bonds. The van der Waals surface area contributed by atoms with Crippen molar-refractivity contribution in [3.05, 3.63) is 99.4 Å². The number of halogens is 1. The molecule has 0 bridgehead atoms. The zero-order chi connectivity index (χ0) is 21.8. The van der Waals surface area contributed by atoms with Crippen molar-refractivity contribution in [2.75, 3.05) is 0 Å². The summed E-state index contributed by atoms with van der Waals surface area (Å²) in [6.45, 7) is 1.91. The van der Waals surface area contributed by atoms with E-state index in [4.69, 9.17) is 16.3 Å². The van der Waals surface area contributed by atoms with Gasteiger partial charge in [-0.1, -0.05) is 59.6 Å². The van der Waals surface area contributed by atoms with E-state index < -0.39 is 5.97 Å². The van der Waals surface area contributed by atoms with Gasteiger partial charge >= 0.3 is 5.97 Å². The van der Waals surface area contributed by atoms with Crippen molar-refractivity contribution >= 4 is 51.1 Å². The molecular weight excluding hydrogens is 432 g/mol. The van der Waals surface area contributed by atoms with E-state index in [1.54, 1.807) is 36.4 Å². The standard InChI is InChI=1S/C24H17ClN2O3S/c1-15-7-6-9-16(13-15)23(28)27-26-14-17-8-2-4-11-19(17)30-24(29)22-21(25)18-10-3-5-12-20(18)31-22/h2-14H,1H3,(H,27,28)/b26-14+. The summed E-state index contributed by atoms with van der Waals surface area (Å²) in [6.07, 6.45) is 1.43. The van der Waals surface area contributed by atoms with Gasteiger partial charge in [0, 0.05) is 21.2 Å². The second-order valence-corrected chi connectivity index (χ2v) is 8.17. The highest BCUT2D eigenvalue weighted by molar-refractivity contribution is 7.21. The third kappa shape index (κ3) is 4.66. The maximum absolute atomic E-state index is 12.7. The Bertz CT molecular complexity index is 1310. The fourth-order valence-corrected chi connectivity index (χ4v) is 4.37. The van der Waals surface area contributed by atoms with Crippen LogP contribution in [-0.4, -0.2) is 18.1 Å². The molecule has 0 saturated carbocycles. The Morgan fingerprint density at radius 3 is 2.61 bits per heavy atom. The van der Waals surface area contributed by atoms with Gasteiger partial charge in [0.2, 0.25) is 0 Å². The number of amides is 1. The minimum absolute atomic E-state index is 0.314. The van der Waals surface area contributed by atoms with Gasteiger partial charge in [-0.15, -0.1) is 11.3 Å². The molecule has 0 atom stereocenters. The van der Waals surface area contributed by atoms with Crippen molar-refractivity contribution in [1.29, 1.82) is 0 Å². The lowest BCUT2D eigenvalue weighted by atomic mass is 10.1. The molecule has 0 aliphatic carbocycles. The average Bonchev–Trinajstić information content (AvgIpc) is 3.12. The smallest absolute Gasteiger partial charge is 0.355 e. The maximum Gasteiger partial charge on any atom is 0.355 e. The van der Waals surface area contributed by atoms with Crippen LogP contribution in [0.25, 0.3) is 10.1 Å². The molecule has 4 aromatic rings. The Hall–Kier alpha value is -3.48. The number of carbonyl (C=O) groups is 2. The number of benzene rings is 3. The summed E-state index contributed by atoms with van der Waals surface area (Å²) >= 11 is 7.66. The highest BCUT2D eigenvalue weighted by Gasteiger charge is 2.19. The molecule has 0 fully saturated rings. The molecule has 5 nitrogen and oxygen atoms in total. The van der Waals surface area contributed by atoms with Gasteiger partial charge in [-0.05, 0) is 37.3 Å². The van der Waals surface area contributed by atoms with Crippen LogP contribution in [0.4, 0.5) is 0 Å². The van der Waals surface area contributed by atoms with Crippen molar-refractivity contribution in [1.82, 2.24) is 5.43 Å². The predicted octanol–water partition coefficient (Wildman–Crippen LogP) is 5.85. The molecule has 0 unspecified atom stereocenters. The van der Waals surface area contributed by atoms with Crippen molar-refractivity contribution in [3.8, 4) is 5.75 Å². The van der Waals surface area contributed by atoms with Crippen LogP contribution < -0.4 is 10.2 Å². The number of nitrogens with zero attached hydrogens (tertiary/aromatic N) is 1. The summed E-state index contributed by atoms with van der Waals surface area (Å²) in [6, 6.07) is 21.6. The lowest BCUT2D eigenvalue weighted by molar-refractivity contribution is 0.0739. The second kappa shape index (κ2) is 9.12. The first-order chi connectivity index (χ1) is 15.0. The SMILES string of the molecule is Cc1cccc(C(=O)N/N=C/c2ccccc2OC(=O)c2sc3ccccc3c2Cl)c1. The molecule has 0 radical (unpaired) electrons. The van der Waals surface area contributed by atoms with Gasteiger partial charge < -0.3 is 4.74 Å². The van der Waals surface area contributed by atoms with E-state index in [9.17, 15) is 9.59 Å². The predicted molar refractivity (Wildman–Crippen MR) is 124 cm³/mol. The average molecular weight is 449 g/mol. The van der Waals surface area contributed by atoms with Gasteiger partial charge in [-0.3, -0.25) is 4.79 Å². The number of thiophene rings is 1. The molecule has 0 spiro atoms. The number of fused-ring (bicyclic) bond motifs is 1. The van der Waals surface area contributed by atoms with Crippen molar-refractivity contribution < 1.29 is 14.3 Å². The number of hydrogen-bond acceptors (Lipinski definition) is 5. The van der Waals surface area contributed by atoms with E-state index in [0.717, 1.165) is 15.6 Å². The summed E-state index contributed by atoms with van der Waals surface area (Å²) in [5, 5.41) is 5.19. The van der Waals surface area contributed by atoms with E-state index >= 15 is 0 Å². The summed E-state index contributed by atoms with van der Waals surface area (Å²) < 4.78 is 6.49. The Morgan fingerprint density at radius 1 is 1.03 bits per heavy atom. The lowest BCUT2D eigenvalue weighted by Gasteiger charge is -2.06. The number of carbonyl (C=O) groups excluding carboxylic acids is 2. The molecule has 1 N–H and O–H groups in total. The van der Waals surface area contributed by atoms with E-state index in [2.05, 4.69) is 10.5 Å². The third-order valence-corrected chi connectivity index (χ3v) is 6.15. The van der Waals surface area contributed by atoms with Gasteiger partial charge in [0.1, 0.15) is 10.6 Å². The largest absolute Gasteiger partial charge is 0.422 e. The number of esters is 1. The van der Waals surface area contributed by atoms with Crippen LogP contribution in [-0.2, 0) is 0 Å². The Kier molecular flexibility index (Phi) is 6.11. The van der Waals surface area contributed by atoms with Gasteiger partial charge in [-0.2, -0.15) is 5.10 Å². The zero-order valence-corrected chi connectivity index (χ0v) is 18.0. The summed E-state index contributed by atoms with van der Waals surface area (Å²) in [4.78, 5) is 25.3. The van der Waals surface area contributed by atoms with Crippen LogP contribution in [0.1, 0.15) is 31.2 Å². The van der Waals surface area contributed by atoms with E-state index in [-0.39, 0.29) is 5.91 Å². The van der Waals surface area contributed by atoms with E-state index in [0.29, 0.717) is 26.8 Å². The molecule has 0 aliphatic rings. The number of hydrazone groups is 1. The monoisotopic (exact) mass is 448 g/mol. The van der Waals surface area contributed by atoms with Crippen molar-refractivity contribution in [3.63, 3.8) is 0 Å². The molecule has 1 heterocycles. The minimum atomic E-state index is -0.546. The molecule has 4 rings (SSSR count). The lowest BCUT2D eigenvalue weighted by Crippen LogP contribution is -2.17. The number of nitrogens with one attached hydrogen (secondary N) is 1. The Labute approximate surface area is 187 Å². The number of para-hydroxylation sites is 1. The number of hydrogen-bond donors (Lipinski definition) is 1. The summed E-state index contributed by atoms with van der Waals surface area (Å²) in [7, 11) is 0. The van der Waals surface area contributed by atoms with Crippen LogP contribution in [0.3, 0.4) is 0 Å². The maximum atomic E-state index is 12.7. The molecule has 0 saturated heterocycles. The zero-order valence-electron chi connectivity index (χ0n) is 16.5. The molecule has 7 heteroatoms. The number of rotatable bonds is 5. The summed E-state index contributed by atoms with van der Waals surface area (Å²) in [5.41, 5.74) is 4.51. The van der Waals surface area contributed by atoms with Crippen LogP contribution in [0.5, 0.6) is 5.75 Å². The Balaban J connectivity index is 1.50. The fraction of sp³-hybridized carbons (Fsp3) is 0.0417. The quantitative estimate of drug-likeness (QED) is 0.180. The first kappa shape index (κ1) is 20.8. The van der Waals surface area contributed by atoms with Gasteiger partial charge in [0.05, 0.1) is 11.2 Å². The van der Waals surface area contributed by atoms with E-state index in [1.807, 2.05) is 43.3 Å². The first-order valence-corrected chi connectivity index (χ1v) is 10.6. The van der Waals surface area contributed by atoms with Crippen molar-refractivity contribution in [2.45, 2.75) is 6.92 Å². The number of ether oxygens (including phenoxy) is 1. The molecule has 3 aromatic carbocycles. The number of aryl methyl sites for hydroxylation is 1. The minimum Gasteiger partial charge on any atom is -0.422 e. The topological polar surface area (TPSA) is 67.8 Å². The van der Waals surface area contributed by atoms with Crippen LogP contribution in [0.2, 0.25) is 5.02 Å². The second-order valence-electron chi connectivity index (χ2n) is 6.74. The van der Waals surface area contributed by atoms with Crippen molar-refractivity contribution in [2.24, 2.45) is 5.10 Å². The third-order valence-electron chi connectivity index (χ3n) is 4.49. The van der Waals surface area contributed by atoms with Gasteiger partial charge in [-0.25, -0.2) is 10.2 Å². The molecule has 154 valence electrons. The van der Waals surface area contributed by atoms with Gasteiger partial charge in [0.25, 0.3) is 5.91 Å².